The maximum atomic E-state index is 12.1. The van der Waals surface area contributed by atoms with Crippen LogP contribution in [0.2, 0.25) is 0 Å². The lowest BCUT2D eigenvalue weighted by molar-refractivity contribution is -0.130. The molecule has 0 aliphatic carbocycles. The van der Waals surface area contributed by atoms with Gasteiger partial charge in [-0.05, 0) is 37.8 Å². The third-order valence-corrected chi connectivity index (χ3v) is 5.41. The van der Waals surface area contributed by atoms with E-state index in [2.05, 4.69) is 11.1 Å². The average molecular weight is 331 g/mol. The fourth-order valence-corrected chi connectivity index (χ4v) is 3.97. The van der Waals surface area contributed by atoms with Crippen molar-refractivity contribution in [2.75, 3.05) is 13.1 Å². The first-order valence-electron chi connectivity index (χ1n) is 8.05. The number of aryl methyl sites for hydroxylation is 1. The van der Waals surface area contributed by atoms with E-state index in [1.165, 1.54) is 4.70 Å². The number of carbonyl (C=O) groups is 2. The van der Waals surface area contributed by atoms with Gasteiger partial charge >= 0.3 is 0 Å². The van der Waals surface area contributed by atoms with Gasteiger partial charge in [-0.2, -0.15) is 0 Å². The molecule has 1 aromatic carbocycles. The SMILES string of the molecule is NC(=O)[C@H]1CCN(C(=O)CCCCc2nc3ccccc3s2)C1. The lowest BCUT2D eigenvalue weighted by Crippen LogP contribution is -2.31. The summed E-state index contributed by atoms with van der Waals surface area (Å²) in [4.78, 5) is 29.6. The van der Waals surface area contributed by atoms with Crippen LogP contribution in [0.15, 0.2) is 24.3 Å². The van der Waals surface area contributed by atoms with Gasteiger partial charge in [-0.25, -0.2) is 4.98 Å². The first-order valence-corrected chi connectivity index (χ1v) is 8.86. The largest absolute Gasteiger partial charge is 0.369 e. The van der Waals surface area contributed by atoms with Crippen LogP contribution in [0.4, 0.5) is 0 Å². The number of rotatable bonds is 6. The van der Waals surface area contributed by atoms with E-state index in [4.69, 9.17) is 5.73 Å². The first-order chi connectivity index (χ1) is 11.1. The standard InChI is InChI=1S/C17H21N3O2S/c18-17(22)12-9-10-20(11-12)16(21)8-4-3-7-15-19-13-5-1-2-6-14(13)23-15/h1-2,5-6,12H,3-4,7-11H2,(H2,18,22)/t12-/m0/s1. The Kier molecular flexibility index (Phi) is 4.91. The molecule has 2 aromatic rings. The predicted octanol–water partition coefficient (Wildman–Crippen LogP) is 2.34. The molecule has 1 aliphatic rings. The number of unbranched alkanes of at least 4 members (excludes halogenated alkanes) is 1. The number of hydrogen-bond acceptors (Lipinski definition) is 4. The van der Waals surface area contributed by atoms with E-state index in [9.17, 15) is 9.59 Å². The number of primary amides is 1. The van der Waals surface area contributed by atoms with E-state index in [0.717, 1.165) is 29.8 Å². The fourth-order valence-electron chi connectivity index (χ4n) is 2.96. The second kappa shape index (κ2) is 7.08. The topological polar surface area (TPSA) is 76.3 Å². The Hall–Kier alpha value is -1.95. The quantitative estimate of drug-likeness (QED) is 0.826. The molecule has 6 heteroatoms. The van der Waals surface area contributed by atoms with Gasteiger partial charge in [0.05, 0.1) is 21.1 Å². The van der Waals surface area contributed by atoms with E-state index in [1.807, 2.05) is 18.2 Å². The predicted molar refractivity (Wildman–Crippen MR) is 91.1 cm³/mol. The number of aromatic nitrogens is 1. The molecular formula is C17H21N3O2S. The van der Waals surface area contributed by atoms with Crippen molar-refractivity contribution in [1.29, 1.82) is 0 Å². The molecule has 1 fully saturated rings. The van der Waals surface area contributed by atoms with Crippen LogP contribution >= 0.6 is 11.3 Å². The Morgan fingerprint density at radius 3 is 2.87 bits per heavy atom. The second-order valence-corrected chi connectivity index (χ2v) is 7.13. The summed E-state index contributed by atoms with van der Waals surface area (Å²) in [5.74, 6) is -0.323. The van der Waals surface area contributed by atoms with Crippen molar-refractivity contribution >= 4 is 33.4 Å². The summed E-state index contributed by atoms with van der Waals surface area (Å²) < 4.78 is 1.22. The van der Waals surface area contributed by atoms with E-state index >= 15 is 0 Å². The molecule has 5 nitrogen and oxygen atoms in total. The molecule has 2 N–H and O–H groups in total. The Labute approximate surface area is 139 Å². The molecule has 3 rings (SSSR count). The fraction of sp³-hybridized carbons (Fsp3) is 0.471. The molecule has 0 radical (unpaired) electrons. The van der Waals surface area contributed by atoms with Crippen LogP contribution in [0.25, 0.3) is 10.2 Å². The number of nitrogens with zero attached hydrogens (tertiary/aromatic N) is 2. The molecule has 2 amide bonds. The number of fused-ring (bicyclic) bond motifs is 1. The summed E-state index contributed by atoms with van der Waals surface area (Å²) >= 11 is 1.73. The van der Waals surface area contributed by atoms with E-state index in [0.29, 0.717) is 25.9 Å². The summed E-state index contributed by atoms with van der Waals surface area (Å²) in [7, 11) is 0. The number of carbonyl (C=O) groups excluding carboxylic acids is 2. The van der Waals surface area contributed by atoms with Crippen molar-refractivity contribution in [1.82, 2.24) is 9.88 Å². The Morgan fingerprint density at radius 2 is 2.13 bits per heavy atom. The third kappa shape index (κ3) is 3.88. The van der Waals surface area contributed by atoms with Crippen LogP contribution in [-0.4, -0.2) is 34.8 Å². The molecule has 1 atom stereocenters. The van der Waals surface area contributed by atoms with Crippen molar-refractivity contribution in [3.63, 3.8) is 0 Å². The van der Waals surface area contributed by atoms with Crippen LogP contribution in [0.3, 0.4) is 0 Å². The molecular weight excluding hydrogens is 310 g/mol. The van der Waals surface area contributed by atoms with Gasteiger partial charge in [0.25, 0.3) is 0 Å². The van der Waals surface area contributed by atoms with Crippen molar-refractivity contribution in [3.8, 4) is 0 Å². The average Bonchev–Trinajstić information content (AvgIpc) is 3.17. The maximum absolute atomic E-state index is 12.1. The number of amides is 2. The van der Waals surface area contributed by atoms with Crippen molar-refractivity contribution in [2.45, 2.75) is 32.1 Å². The van der Waals surface area contributed by atoms with Gasteiger partial charge in [0.2, 0.25) is 11.8 Å². The number of hydrogen-bond donors (Lipinski definition) is 1. The zero-order chi connectivity index (χ0) is 16.2. The summed E-state index contributed by atoms with van der Waals surface area (Å²) in [5.41, 5.74) is 6.35. The lowest BCUT2D eigenvalue weighted by Gasteiger charge is -2.15. The highest BCUT2D eigenvalue weighted by atomic mass is 32.1. The van der Waals surface area contributed by atoms with Crippen LogP contribution in [0.1, 0.15) is 30.7 Å². The summed E-state index contributed by atoms with van der Waals surface area (Å²) in [6.45, 7) is 1.15. The van der Waals surface area contributed by atoms with E-state index < -0.39 is 0 Å². The minimum atomic E-state index is -0.295. The van der Waals surface area contributed by atoms with Gasteiger partial charge in [-0.3, -0.25) is 9.59 Å². The second-order valence-electron chi connectivity index (χ2n) is 6.01. The van der Waals surface area contributed by atoms with Gasteiger partial charge in [0.15, 0.2) is 0 Å². The highest BCUT2D eigenvalue weighted by molar-refractivity contribution is 7.18. The molecule has 0 bridgehead atoms. The molecule has 23 heavy (non-hydrogen) atoms. The van der Waals surface area contributed by atoms with Crippen LogP contribution < -0.4 is 5.73 Å². The molecule has 1 aromatic heterocycles. The number of nitrogens with two attached hydrogens (primary N) is 1. The maximum Gasteiger partial charge on any atom is 0.222 e. The zero-order valence-electron chi connectivity index (χ0n) is 13.0. The molecule has 0 spiro atoms. The first kappa shape index (κ1) is 15.9. The zero-order valence-corrected chi connectivity index (χ0v) is 13.8. The van der Waals surface area contributed by atoms with E-state index in [1.54, 1.807) is 16.2 Å². The smallest absolute Gasteiger partial charge is 0.222 e. The molecule has 0 saturated carbocycles. The van der Waals surface area contributed by atoms with Gasteiger partial charge in [0.1, 0.15) is 0 Å². The number of thiazole rings is 1. The Bertz CT molecular complexity index is 680. The van der Waals surface area contributed by atoms with Crippen LogP contribution in [0.5, 0.6) is 0 Å². The normalized spacial score (nSPS) is 17.7. The minimum Gasteiger partial charge on any atom is -0.369 e. The summed E-state index contributed by atoms with van der Waals surface area (Å²) in [5, 5.41) is 1.13. The highest BCUT2D eigenvalue weighted by Crippen LogP contribution is 2.23. The highest BCUT2D eigenvalue weighted by Gasteiger charge is 2.29. The summed E-state index contributed by atoms with van der Waals surface area (Å²) in [6.07, 6.45) is 3.96. The molecule has 2 heterocycles. The molecule has 122 valence electrons. The van der Waals surface area contributed by atoms with Crippen molar-refractivity contribution in [2.24, 2.45) is 11.7 Å². The number of benzene rings is 1. The van der Waals surface area contributed by atoms with Crippen molar-refractivity contribution in [3.05, 3.63) is 29.3 Å². The molecule has 1 aliphatic heterocycles. The van der Waals surface area contributed by atoms with Crippen LogP contribution in [-0.2, 0) is 16.0 Å². The third-order valence-electron chi connectivity index (χ3n) is 4.31. The number of likely N-dealkylation sites (tertiary alicyclic amines) is 1. The monoisotopic (exact) mass is 331 g/mol. The Balaban J connectivity index is 1.41. The Morgan fingerprint density at radius 1 is 1.30 bits per heavy atom. The lowest BCUT2D eigenvalue weighted by atomic mass is 10.1. The molecule has 0 unspecified atom stereocenters. The van der Waals surface area contributed by atoms with Crippen LogP contribution in [0, 0.1) is 5.92 Å². The van der Waals surface area contributed by atoms with Gasteiger partial charge in [0, 0.05) is 19.5 Å². The minimum absolute atomic E-state index is 0.137. The summed E-state index contributed by atoms with van der Waals surface area (Å²) in [6, 6.07) is 8.14. The number of para-hydroxylation sites is 1. The van der Waals surface area contributed by atoms with Crippen molar-refractivity contribution < 1.29 is 9.59 Å². The van der Waals surface area contributed by atoms with E-state index in [-0.39, 0.29) is 17.7 Å². The van der Waals surface area contributed by atoms with Gasteiger partial charge in [-0.15, -0.1) is 11.3 Å². The van der Waals surface area contributed by atoms with Gasteiger partial charge in [-0.1, -0.05) is 12.1 Å². The van der Waals surface area contributed by atoms with Gasteiger partial charge < -0.3 is 10.6 Å². The molecule has 1 saturated heterocycles.